The molecule has 0 amide bonds. The maximum absolute atomic E-state index is 9.84. The van der Waals surface area contributed by atoms with Gasteiger partial charge in [-0.15, -0.1) is 0 Å². The summed E-state index contributed by atoms with van der Waals surface area (Å²) in [7, 11) is -2.73. The number of hydrogen-bond acceptors (Lipinski definition) is 4. The molecule has 10 rings (SSSR count). The average Bonchev–Trinajstić information content (AvgIpc) is 3.19. The molecule has 0 N–H and O–H groups in total. The van der Waals surface area contributed by atoms with Gasteiger partial charge in [0.2, 0.25) is 6.71 Å². The second-order valence-electron chi connectivity index (χ2n) is 13.0. The number of benzene rings is 7. The zero-order chi connectivity index (χ0) is 34.1. The van der Waals surface area contributed by atoms with Gasteiger partial charge in [-0.2, -0.15) is 5.26 Å². The molecule has 3 heterocycles. The van der Waals surface area contributed by atoms with E-state index in [4.69, 9.17) is 6.57 Å². The van der Waals surface area contributed by atoms with Crippen LogP contribution in [0, 0.1) is 17.9 Å². The molecule has 51 heavy (non-hydrogen) atoms. The number of hydrogen-bond donors (Lipinski definition) is 0. The van der Waals surface area contributed by atoms with Gasteiger partial charge in [-0.1, -0.05) is 150 Å². The van der Waals surface area contributed by atoms with Crippen LogP contribution in [0.15, 0.2) is 177 Å². The van der Waals surface area contributed by atoms with Crippen LogP contribution in [-0.2, 0) is 0 Å². The molecule has 0 unspecified atom stereocenters. The molecule has 7 heteroatoms. The van der Waals surface area contributed by atoms with Crippen molar-refractivity contribution >= 4 is 98.2 Å². The first-order valence-corrected chi connectivity index (χ1v) is 20.5. The summed E-state index contributed by atoms with van der Waals surface area (Å²) in [6, 6.07) is 59.5. The summed E-state index contributed by atoms with van der Waals surface area (Å²) in [5.41, 5.74) is 8.56. The van der Waals surface area contributed by atoms with Gasteiger partial charge in [0, 0.05) is 31.7 Å². The molecular formula is C44H26BN3S2Si. The highest BCUT2D eigenvalue weighted by molar-refractivity contribution is 8.01. The molecule has 0 spiro atoms. The average molecular weight is 700 g/mol. The molecular weight excluding hydrogens is 674 g/mol. The van der Waals surface area contributed by atoms with Crippen molar-refractivity contribution in [3.05, 3.63) is 175 Å². The van der Waals surface area contributed by atoms with Crippen LogP contribution in [0.25, 0.3) is 4.85 Å². The van der Waals surface area contributed by atoms with E-state index < -0.39 is 8.07 Å². The molecule has 7 aromatic rings. The summed E-state index contributed by atoms with van der Waals surface area (Å²) in [6.45, 7) is 7.78. The van der Waals surface area contributed by atoms with E-state index in [0.717, 1.165) is 15.5 Å². The molecule has 0 radical (unpaired) electrons. The van der Waals surface area contributed by atoms with Crippen molar-refractivity contribution in [2.24, 2.45) is 0 Å². The standard InChI is InChI=1S/C44H26BN3S2Si/c1-47-30-21-23-35-39(25-30)50-41-27-31(26-40-44(41)45(35)34-22-20-29(28-46)24-38(34)49-40)48-36-16-8-10-18-42(36)51(32-12-4-2-5-13-32,33-14-6-3-7-15-33)43-19-11-9-17-37(43)48/h2-27H. The molecule has 0 aromatic heterocycles. The molecule has 0 fully saturated rings. The van der Waals surface area contributed by atoms with Crippen molar-refractivity contribution in [3.8, 4) is 6.07 Å². The minimum absolute atomic E-state index is 0.0289. The fourth-order valence-electron chi connectivity index (χ4n) is 8.42. The monoisotopic (exact) mass is 699 g/mol. The summed E-state index contributed by atoms with van der Waals surface area (Å²) in [6.07, 6.45) is 0. The Morgan fingerprint density at radius 1 is 0.588 bits per heavy atom. The smallest absolute Gasteiger partial charge is 0.246 e. The molecule has 236 valence electrons. The second kappa shape index (κ2) is 11.7. The molecule has 3 aliphatic heterocycles. The van der Waals surface area contributed by atoms with E-state index in [2.05, 4.69) is 149 Å². The number of fused-ring (bicyclic) bond motifs is 6. The largest absolute Gasteiger partial charge is 0.311 e. The fraction of sp³-hybridized carbons (Fsp3) is 0. The van der Waals surface area contributed by atoms with Crippen molar-refractivity contribution in [3.63, 3.8) is 0 Å². The van der Waals surface area contributed by atoms with Crippen molar-refractivity contribution in [1.29, 1.82) is 5.26 Å². The van der Waals surface area contributed by atoms with E-state index in [0.29, 0.717) is 11.3 Å². The Balaban J connectivity index is 1.24. The summed E-state index contributed by atoms with van der Waals surface area (Å²) in [4.78, 5) is 10.9. The summed E-state index contributed by atoms with van der Waals surface area (Å²) in [5, 5.41) is 15.3. The van der Waals surface area contributed by atoms with E-state index in [9.17, 15) is 5.26 Å². The Morgan fingerprint density at radius 2 is 1.12 bits per heavy atom. The van der Waals surface area contributed by atoms with Crippen LogP contribution in [0.3, 0.4) is 0 Å². The van der Waals surface area contributed by atoms with Gasteiger partial charge >= 0.3 is 0 Å². The van der Waals surface area contributed by atoms with E-state index in [1.54, 1.807) is 23.5 Å². The summed E-state index contributed by atoms with van der Waals surface area (Å²) < 4.78 is 0. The van der Waals surface area contributed by atoms with Crippen LogP contribution in [-0.4, -0.2) is 14.8 Å². The number of nitriles is 1. The minimum Gasteiger partial charge on any atom is -0.311 e. The van der Waals surface area contributed by atoms with Gasteiger partial charge in [0.25, 0.3) is 0 Å². The number of rotatable bonds is 3. The molecule has 7 aromatic carbocycles. The number of nitrogens with zero attached hydrogens (tertiary/aromatic N) is 3. The Bertz CT molecular complexity index is 2470. The number of para-hydroxylation sites is 2. The van der Waals surface area contributed by atoms with E-state index in [-0.39, 0.29) is 6.71 Å². The lowest BCUT2D eigenvalue weighted by Crippen LogP contribution is -2.77. The van der Waals surface area contributed by atoms with Crippen molar-refractivity contribution in [2.45, 2.75) is 19.6 Å². The van der Waals surface area contributed by atoms with Gasteiger partial charge < -0.3 is 4.90 Å². The lowest BCUT2D eigenvalue weighted by atomic mass is 9.36. The van der Waals surface area contributed by atoms with Crippen molar-refractivity contribution < 1.29 is 0 Å². The fourth-order valence-corrected chi connectivity index (χ4v) is 16.1. The zero-order valence-electron chi connectivity index (χ0n) is 27.2. The maximum Gasteiger partial charge on any atom is 0.246 e. The van der Waals surface area contributed by atoms with E-state index >= 15 is 0 Å². The van der Waals surface area contributed by atoms with Crippen LogP contribution in [0.5, 0.6) is 0 Å². The highest BCUT2D eigenvalue weighted by Crippen LogP contribution is 2.45. The molecule has 0 bridgehead atoms. The third kappa shape index (κ3) is 4.40. The van der Waals surface area contributed by atoms with Crippen LogP contribution < -0.4 is 42.0 Å². The molecule has 0 atom stereocenters. The molecule has 3 aliphatic rings. The van der Waals surface area contributed by atoms with Gasteiger partial charge in [-0.25, -0.2) is 4.85 Å². The van der Waals surface area contributed by atoms with Crippen molar-refractivity contribution in [2.75, 3.05) is 4.90 Å². The highest BCUT2D eigenvalue weighted by atomic mass is 32.2. The molecule has 0 saturated heterocycles. The van der Waals surface area contributed by atoms with E-state index in [1.807, 2.05) is 24.3 Å². The first-order valence-electron chi connectivity index (χ1n) is 16.9. The first kappa shape index (κ1) is 30.2. The second-order valence-corrected chi connectivity index (χ2v) is 18.9. The van der Waals surface area contributed by atoms with Crippen LogP contribution in [0.1, 0.15) is 5.56 Å². The third-order valence-corrected chi connectivity index (χ3v) is 17.6. The molecule has 0 saturated carbocycles. The minimum atomic E-state index is -2.73. The lowest BCUT2D eigenvalue weighted by Gasteiger charge is -2.45. The third-order valence-electron chi connectivity index (χ3n) is 10.5. The van der Waals surface area contributed by atoms with Crippen LogP contribution >= 0.6 is 23.5 Å². The summed E-state index contributed by atoms with van der Waals surface area (Å²) in [5.74, 6) is 0. The predicted molar refractivity (Wildman–Crippen MR) is 215 cm³/mol. The highest BCUT2D eigenvalue weighted by Gasteiger charge is 2.49. The summed E-state index contributed by atoms with van der Waals surface area (Å²) >= 11 is 3.53. The Labute approximate surface area is 307 Å². The van der Waals surface area contributed by atoms with Crippen molar-refractivity contribution in [1.82, 2.24) is 0 Å². The van der Waals surface area contributed by atoms with Gasteiger partial charge in [0.1, 0.15) is 0 Å². The zero-order valence-corrected chi connectivity index (χ0v) is 29.9. The molecule has 3 nitrogen and oxygen atoms in total. The van der Waals surface area contributed by atoms with Gasteiger partial charge in [0.05, 0.1) is 18.2 Å². The Hall–Kier alpha value is -5.70. The van der Waals surface area contributed by atoms with Crippen LogP contribution in [0.4, 0.5) is 22.7 Å². The number of anilines is 3. The SMILES string of the molecule is [C-]#[N+]c1ccc2c(c1)Sc1cc(N3c4ccccc4[Si](c4ccccc4)(c4ccccc4)c4ccccc43)cc3c1B2c1ccc(C#N)cc1S3. The van der Waals surface area contributed by atoms with E-state index in [1.165, 1.54) is 58.3 Å². The Morgan fingerprint density at radius 3 is 1.69 bits per heavy atom. The topological polar surface area (TPSA) is 31.4 Å². The Kier molecular flexibility index (Phi) is 6.91. The van der Waals surface area contributed by atoms with Crippen LogP contribution in [0.2, 0.25) is 0 Å². The molecule has 0 aliphatic carbocycles. The predicted octanol–water partition coefficient (Wildman–Crippen LogP) is 6.72. The van der Waals surface area contributed by atoms with Gasteiger partial charge in [0.15, 0.2) is 13.8 Å². The van der Waals surface area contributed by atoms with Gasteiger partial charge in [-0.05, 0) is 73.6 Å². The normalized spacial score (nSPS) is 14.2. The quantitative estimate of drug-likeness (QED) is 0.152. The van der Waals surface area contributed by atoms with Gasteiger partial charge in [-0.3, -0.25) is 0 Å². The maximum atomic E-state index is 9.84. The first-order chi connectivity index (χ1) is 25.2. The lowest BCUT2D eigenvalue weighted by molar-refractivity contribution is 1.24.